The maximum atomic E-state index is 5.87. The van der Waals surface area contributed by atoms with Crippen LogP contribution in [-0.4, -0.2) is 10.2 Å². The van der Waals surface area contributed by atoms with Crippen molar-refractivity contribution in [2.75, 3.05) is 5.32 Å². The molecule has 0 aliphatic carbocycles. The maximum Gasteiger partial charge on any atom is 0.153 e. The molecule has 0 aliphatic rings. The van der Waals surface area contributed by atoms with E-state index in [1.54, 1.807) is 12.1 Å². The molecule has 0 saturated carbocycles. The van der Waals surface area contributed by atoms with Crippen molar-refractivity contribution in [3.05, 3.63) is 71.9 Å². The minimum Gasteiger partial charge on any atom is -0.455 e. The molecule has 0 bridgehead atoms. The van der Waals surface area contributed by atoms with E-state index in [0.717, 1.165) is 11.4 Å². The molecule has 4 nitrogen and oxygen atoms in total. The zero-order valence-corrected chi connectivity index (χ0v) is 11.8. The molecule has 0 saturated heterocycles. The van der Waals surface area contributed by atoms with Gasteiger partial charge >= 0.3 is 0 Å². The molecule has 0 aliphatic heterocycles. The molecular formula is C16H12ClN3O. The molecule has 3 rings (SSSR count). The smallest absolute Gasteiger partial charge is 0.153 e. The Bertz CT molecular complexity index is 717. The Labute approximate surface area is 127 Å². The summed E-state index contributed by atoms with van der Waals surface area (Å²) in [5, 5.41) is 11.3. The third-order valence-electron chi connectivity index (χ3n) is 2.75. The van der Waals surface area contributed by atoms with Crippen molar-refractivity contribution in [3.63, 3.8) is 0 Å². The number of halogens is 1. The van der Waals surface area contributed by atoms with Crippen molar-refractivity contribution in [1.29, 1.82) is 0 Å². The van der Waals surface area contributed by atoms with Crippen molar-refractivity contribution in [3.8, 4) is 11.5 Å². The van der Waals surface area contributed by atoms with Gasteiger partial charge < -0.3 is 10.1 Å². The van der Waals surface area contributed by atoms with Gasteiger partial charge in [-0.25, -0.2) is 0 Å². The maximum absolute atomic E-state index is 5.87. The summed E-state index contributed by atoms with van der Waals surface area (Å²) in [6, 6.07) is 20.7. The first-order chi connectivity index (χ1) is 10.3. The molecule has 0 amide bonds. The molecule has 1 aromatic heterocycles. The van der Waals surface area contributed by atoms with Crippen LogP contribution in [0, 0.1) is 0 Å². The van der Waals surface area contributed by atoms with E-state index in [9.17, 15) is 0 Å². The number of nitrogens with one attached hydrogen (secondary N) is 1. The lowest BCUT2D eigenvalue weighted by Gasteiger charge is -2.12. The summed E-state index contributed by atoms with van der Waals surface area (Å²) < 4.78 is 5.87. The largest absolute Gasteiger partial charge is 0.455 e. The number of aromatic nitrogens is 2. The van der Waals surface area contributed by atoms with Gasteiger partial charge in [-0.05, 0) is 36.4 Å². The van der Waals surface area contributed by atoms with E-state index in [2.05, 4.69) is 15.5 Å². The number of para-hydroxylation sites is 3. The lowest BCUT2D eigenvalue weighted by atomic mass is 10.3. The van der Waals surface area contributed by atoms with Gasteiger partial charge in [-0.1, -0.05) is 41.9 Å². The van der Waals surface area contributed by atoms with Crippen LogP contribution in [-0.2, 0) is 0 Å². The molecule has 0 fully saturated rings. The average Bonchev–Trinajstić information content (AvgIpc) is 2.52. The van der Waals surface area contributed by atoms with E-state index in [1.165, 1.54) is 0 Å². The molecule has 104 valence electrons. The standard InChI is InChI=1S/C16H12ClN3O/c17-15-10-11-16(20-19-15)18-13-8-4-5-9-14(13)21-12-6-2-1-3-7-12/h1-11H,(H,18,20). The fourth-order valence-electron chi connectivity index (χ4n) is 1.80. The highest BCUT2D eigenvalue weighted by molar-refractivity contribution is 6.29. The SMILES string of the molecule is Clc1ccc(Nc2ccccc2Oc2ccccc2)nn1. The van der Waals surface area contributed by atoms with Crippen molar-refractivity contribution in [1.82, 2.24) is 10.2 Å². The van der Waals surface area contributed by atoms with Gasteiger partial charge in [0.05, 0.1) is 5.69 Å². The minimum atomic E-state index is 0.356. The molecule has 0 spiro atoms. The number of hydrogen-bond donors (Lipinski definition) is 1. The van der Waals surface area contributed by atoms with Gasteiger partial charge in [-0.15, -0.1) is 10.2 Å². The topological polar surface area (TPSA) is 47.0 Å². The van der Waals surface area contributed by atoms with Crippen LogP contribution in [0.1, 0.15) is 0 Å². The second kappa shape index (κ2) is 6.24. The second-order valence-electron chi connectivity index (χ2n) is 4.28. The summed E-state index contributed by atoms with van der Waals surface area (Å²) >= 11 is 5.73. The number of rotatable bonds is 4. The second-order valence-corrected chi connectivity index (χ2v) is 4.66. The van der Waals surface area contributed by atoms with Crippen molar-refractivity contribution in [2.24, 2.45) is 0 Å². The molecule has 3 aromatic rings. The summed E-state index contributed by atoms with van der Waals surface area (Å²) in [6.07, 6.45) is 0. The van der Waals surface area contributed by atoms with Crippen LogP contribution in [0.15, 0.2) is 66.7 Å². The Hall–Kier alpha value is -2.59. The Morgan fingerprint density at radius 3 is 2.33 bits per heavy atom. The summed E-state index contributed by atoms with van der Waals surface area (Å²) in [5.74, 6) is 2.08. The highest BCUT2D eigenvalue weighted by Crippen LogP contribution is 2.30. The molecule has 0 radical (unpaired) electrons. The average molecular weight is 298 g/mol. The van der Waals surface area contributed by atoms with Crippen LogP contribution < -0.4 is 10.1 Å². The fourth-order valence-corrected chi connectivity index (χ4v) is 1.90. The van der Waals surface area contributed by atoms with Crippen LogP contribution in [0.5, 0.6) is 11.5 Å². The van der Waals surface area contributed by atoms with Crippen molar-refractivity contribution in [2.45, 2.75) is 0 Å². The first kappa shape index (κ1) is 13.4. The Morgan fingerprint density at radius 2 is 1.57 bits per heavy atom. The Kier molecular flexibility index (Phi) is 3.98. The van der Waals surface area contributed by atoms with Gasteiger partial charge in [0.1, 0.15) is 5.75 Å². The number of anilines is 2. The quantitative estimate of drug-likeness (QED) is 0.760. The Morgan fingerprint density at radius 1 is 0.810 bits per heavy atom. The molecular weight excluding hydrogens is 286 g/mol. The van der Waals surface area contributed by atoms with Crippen LogP contribution in [0.2, 0.25) is 5.15 Å². The van der Waals surface area contributed by atoms with Gasteiger partial charge in [0.2, 0.25) is 0 Å². The molecule has 0 atom stereocenters. The zero-order chi connectivity index (χ0) is 14.5. The monoisotopic (exact) mass is 297 g/mol. The fraction of sp³-hybridized carbons (Fsp3) is 0. The minimum absolute atomic E-state index is 0.356. The van der Waals surface area contributed by atoms with E-state index in [-0.39, 0.29) is 0 Å². The lowest BCUT2D eigenvalue weighted by molar-refractivity contribution is 0.485. The normalized spacial score (nSPS) is 10.1. The zero-order valence-electron chi connectivity index (χ0n) is 11.0. The Balaban J connectivity index is 1.84. The molecule has 2 aromatic carbocycles. The summed E-state index contributed by atoms with van der Waals surface area (Å²) in [5.41, 5.74) is 0.804. The van der Waals surface area contributed by atoms with Crippen LogP contribution >= 0.6 is 11.6 Å². The van der Waals surface area contributed by atoms with E-state index < -0.39 is 0 Å². The summed E-state index contributed by atoms with van der Waals surface area (Å²) in [4.78, 5) is 0. The third kappa shape index (κ3) is 3.49. The molecule has 0 unspecified atom stereocenters. The van der Waals surface area contributed by atoms with E-state index in [1.807, 2.05) is 54.6 Å². The predicted molar refractivity (Wildman–Crippen MR) is 83.3 cm³/mol. The van der Waals surface area contributed by atoms with Gasteiger partial charge in [0.15, 0.2) is 16.7 Å². The van der Waals surface area contributed by atoms with Crippen molar-refractivity contribution >= 4 is 23.1 Å². The van der Waals surface area contributed by atoms with Gasteiger partial charge in [0.25, 0.3) is 0 Å². The third-order valence-corrected chi connectivity index (χ3v) is 2.95. The first-order valence-electron chi connectivity index (χ1n) is 6.39. The van der Waals surface area contributed by atoms with E-state index in [0.29, 0.717) is 16.7 Å². The van der Waals surface area contributed by atoms with Crippen molar-refractivity contribution < 1.29 is 4.74 Å². The van der Waals surface area contributed by atoms with Gasteiger partial charge in [-0.3, -0.25) is 0 Å². The highest BCUT2D eigenvalue weighted by atomic mass is 35.5. The molecule has 21 heavy (non-hydrogen) atoms. The molecule has 5 heteroatoms. The number of hydrogen-bond acceptors (Lipinski definition) is 4. The first-order valence-corrected chi connectivity index (χ1v) is 6.77. The summed E-state index contributed by atoms with van der Waals surface area (Å²) in [7, 11) is 0. The number of ether oxygens (including phenoxy) is 1. The number of nitrogens with zero attached hydrogens (tertiary/aromatic N) is 2. The van der Waals surface area contributed by atoms with Crippen LogP contribution in [0.3, 0.4) is 0 Å². The van der Waals surface area contributed by atoms with E-state index in [4.69, 9.17) is 16.3 Å². The van der Waals surface area contributed by atoms with Gasteiger partial charge in [0, 0.05) is 0 Å². The van der Waals surface area contributed by atoms with Gasteiger partial charge in [-0.2, -0.15) is 0 Å². The predicted octanol–water partition coefficient (Wildman–Crippen LogP) is 4.67. The number of benzene rings is 2. The molecule has 1 heterocycles. The van der Waals surface area contributed by atoms with Crippen LogP contribution in [0.4, 0.5) is 11.5 Å². The van der Waals surface area contributed by atoms with Crippen LogP contribution in [0.25, 0.3) is 0 Å². The molecule has 1 N–H and O–H groups in total. The lowest BCUT2D eigenvalue weighted by Crippen LogP contribution is -1.97. The highest BCUT2D eigenvalue weighted by Gasteiger charge is 2.05. The van der Waals surface area contributed by atoms with E-state index >= 15 is 0 Å². The summed E-state index contributed by atoms with van der Waals surface area (Å²) in [6.45, 7) is 0.